The fourth-order valence-corrected chi connectivity index (χ4v) is 0.962. The van der Waals surface area contributed by atoms with Crippen molar-refractivity contribution in [2.75, 3.05) is 0 Å². The second-order valence-corrected chi connectivity index (χ2v) is 2.31. The van der Waals surface area contributed by atoms with Gasteiger partial charge in [-0.15, -0.1) is 0 Å². The molecule has 0 fully saturated rings. The van der Waals surface area contributed by atoms with Crippen molar-refractivity contribution in [1.82, 2.24) is 4.98 Å². The minimum atomic E-state index is 1.06. The third-order valence-electron chi connectivity index (χ3n) is 1.48. The van der Waals surface area contributed by atoms with Crippen LogP contribution < -0.4 is 10.4 Å². The van der Waals surface area contributed by atoms with Crippen LogP contribution in [-0.4, -0.2) is 4.98 Å². The summed E-state index contributed by atoms with van der Waals surface area (Å²) in [6, 6.07) is 1.94. The van der Waals surface area contributed by atoms with Crippen LogP contribution >= 0.6 is 0 Å². The van der Waals surface area contributed by atoms with E-state index in [1.54, 1.807) is 24.5 Å². The van der Waals surface area contributed by atoms with E-state index in [1.165, 1.54) is 0 Å². The second kappa shape index (κ2) is 4.29. The van der Waals surface area contributed by atoms with Crippen molar-refractivity contribution in [2.24, 2.45) is 0 Å². The average molecular weight is 157 g/mol. The predicted molar refractivity (Wildman–Crippen MR) is 52.8 cm³/mol. The van der Waals surface area contributed by atoms with Crippen LogP contribution in [0, 0.1) is 0 Å². The summed E-state index contributed by atoms with van der Waals surface area (Å²) in [5.41, 5.74) is 0. The normalized spacial score (nSPS) is 13.0. The highest BCUT2D eigenvalue weighted by atomic mass is 14.6. The molecule has 0 N–H and O–H groups in total. The van der Waals surface area contributed by atoms with Gasteiger partial charge in [0, 0.05) is 12.4 Å². The Morgan fingerprint density at radius 3 is 2.42 bits per heavy atom. The summed E-state index contributed by atoms with van der Waals surface area (Å²) in [7, 11) is 0. The lowest BCUT2D eigenvalue weighted by molar-refractivity contribution is 1.27. The van der Waals surface area contributed by atoms with E-state index < -0.39 is 0 Å². The van der Waals surface area contributed by atoms with Crippen molar-refractivity contribution in [3.05, 3.63) is 54.2 Å². The Bertz CT molecular complexity index is 349. The van der Waals surface area contributed by atoms with Gasteiger partial charge in [0.05, 0.1) is 0 Å². The van der Waals surface area contributed by atoms with E-state index in [2.05, 4.69) is 18.1 Å². The van der Waals surface area contributed by atoms with E-state index in [0.29, 0.717) is 0 Å². The molecule has 0 radical (unpaired) electrons. The van der Waals surface area contributed by atoms with Crippen molar-refractivity contribution < 1.29 is 0 Å². The van der Waals surface area contributed by atoms with E-state index in [0.717, 1.165) is 10.4 Å². The Kier molecular flexibility index (Phi) is 3.03. The molecule has 0 unspecified atom stereocenters. The van der Waals surface area contributed by atoms with Crippen LogP contribution in [0.4, 0.5) is 0 Å². The number of rotatable bonds is 2. The lowest BCUT2D eigenvalue weighted by Crippen LogP contribution is -2.23. The zero-order chi connectivity index (χ0) is 8.81. The van der Waals surface area contributed by atoms with Gasteiger partial charge >= 0.3 is 0 Å². The molecule has 0 aliphatic rings. The molecule has 0 aromatic carbocycles. The predicted octanol–water partition coefficient (Wildman–Crippen LogP) is 1.01. The first kappa shape index (κ1) is 8.47. The Hall–Kier alpha value is -1.63. The number of allylic oxidation sites excluding steroid dienone is 2. The van der Waals surface area contributed by atoms with Gasteiger partial charge in [0.1, 0.15) is 0 Å². The fourth-order valence-electron chi connectivity index (χ4n) is 0.962. The molecule has 0 saturated heterocycles. The highest BCUT2D eigenvalue weighted by molar-refractivity contribution is 5.41. The maximum absolute atomic E-state index is 4.01. The zero-order valence-corrected chi connectivity index (χ0v) is 6.90. The van der Waals surface area contributed by atoms with Gasteiger partial charge in [-0.1, -0.05) is 37.5 Å². The van der Waals surface area contributed by atoms with Gasteiger partial charge in [-0.2, -0.15) is 0 Å². The average Bonchev–Trinajstić information content (AvgIpc) is 2.09. The number of nitrogens with zero attached hydrogens (tertiary/aromatic N) is 1. The first-order valence-electron chi connectivity index (χ1n) is 3.74. The molecule has 1 heterocycles. The van der Waals surface area contributed by atoms with E-state index in [1.807, 2.05) is 18.2 Å². The molecule has 1 aromatic heterocycles. The van der Waals surface area contributed by atoms with E-state index in [-0.39, 0.29) is 0 Å². The fraction of sp³-hybridized carbons (Fsp3) is 0. The van der Waals surface area contributed by atoms with Crippen LogP contribution in [0.2, 0.25) is 0 Å². The molecule has 0 saturated carbocycles. The summed E-state index contributed by atoms with van der Waals surface area (Å²) < 4.78 is 0. The van der Waals surface area contributed by atoms with Crippen LogP contribution in [-0.2, 0) is 0 Å². The van der Waals surface area contributed by atoms with Gasteiger partial charge in [-0.3, -0.25) is 4.98 Å². The maximum Gasteiger partial charge on any atom is 0.0346 e. The molecular formula is C11H11N. The SMILES string of the molecule is C=C/C=c1/ccnc/c1=C/C=C. The number of aromatic nitrogens is 1. The molecule has 1 heteroatoms. The van der Waals surface area contributed by atoms with Gasteiger partial charge in [0.15, 0.2) is 0 Å². The third kappa shape index (κ3) is 1.92. The van der Waals surface area contributed by atoms with Crippen molar-refractivity contribution >= 4 is 12.2 Å². The Labute approximate surface area is 72.1 Å². The first-order valence-corrected chi connectivity index (χ1v) is 3.74. The van der Waals surface area contributed by atoms with Gasteiger partial charge < -0.3 is 0 Å². The number of hydrogen-bond acceptors (Lipinski definition) is 1. The summed E-state index contributed by atoms with van der Waals surface area (Å²) in [6.45, 7) is 7.28. The molecule has 60 valence electrons. The smallest absolute Gasteiger partial charge is 0.0346 e. The summed E-state index contributed by atoms with van der Waals surface area (Å²) >= 11 is 0. The number of hydrogen-bond donors (Lipinski definition) is 0. The summed E-state index contributed by atoms with van der Waals surface area (Å²) in [6.07, 6.45) is 10.9. The maximum atomic E-state index is 4.01. The molecule has 1 aromatic rings. The minimum Gasteiger partial charge on any atom is -0.264 e. The molecule has 1 nitrogen and oxygen atoms in total. The third-order valence-corrected chi connectivity index (χ3v) is 1.48. The summed E-state index contributed by atoms with van der Waals surface area (Å²) in [5.74, 6) is 0. The lowest BCUT2D eigenvalue weighted by atomic mass is 10.2. The van der Waals surface area contributed by atoms with Crippen LogP contribution in [0.15, 0.2) is 43.8 Å². The zero-order valence-electron chi connectivity index (χ0n) is 6.90. The van der Waals surface area contributed by atoms with Gasteiger partial charge in [-0.25, -0.2) is 0 Å². The van der Waals surface area contributed by atoms with Crippen molar-refractivity contribution in [3.63, 3.8) is 0 Å². The second-order valence-electron chi connectivity index (χ2n) is 2.31. The van der Waals surface area contributed by atoms with E-state index in [4.69, 9.17) is 0 Å². The molecule has 0 aliphatic carbocycles. The molecule has 12 heavy (non-hydrogen) atoms. The first-order chi connectivity index (χ1) is 5.88. The van der Waals surface area contributed by atoms with Crippen LogP contribution in [0.5, 0.6) is 0 Å². The molecule has 1 rings (SSSR count). The Morgan fingerprint density at radius 2 is 1.75 bits per heavy atom. The quantitative estimate of drug-likeness (QED) is 0.624. The molecule has 0 aliphatic heterocycles. The van der Waals surface area contributed by atoms with E-state index >= 15 is 0 Å². The largest absolute Gasteiger partial charge is 0.264 e. The molecular weight excluding hydrogens is 146 g/mol. The highest BCUT2D eigenvalue weighted by Gasteiger charge is 1.80. The topological polar surface area (TPSA) is 12.9 Å². The van der Waals surface area contributed by atoms with Gasteiger partial charge in [0.2, 0.25) is 0 Å². The highest BCUT2D eigenvalue weighted by Crippen LogP contribution is 1.69. The van der Waals surface area contributed by atoms with E-state index in [9.17, 15) is 0 Å². The molecule has 0 atom stereocenters. The lowest BCUT2D eigenvalue weighted by Gasteiger charge is -1.86. The van der Waals surface area contributed by atoms with Gasteiger partial charge in [-0.05, 0) is 16.5 Å². The number of pyridine rings is 1. The van der Waals surface area contributed by atoms with Crippen molar-refractivity contribution in [3.8, 4) is 0 Å². The Morgan fingerprint density at radius 1 is 1.08 bits per heavy atom. The molecule has 0 spiro atoms. The monoisotopic (exact) mass is 157 g/mol. The van der Waals surface area contributed by atoms with Crippen LogP contribution in [0.25, 0.3) is 12.2 Å². The van der Waals surface area contributed by atoms with Crippen molar-refractivity contribution in [2.45, 2.75) is 0 Å². The van der Waals surface area contributed by atoms with Crippen molar-refractivity contribution in [1.29, 1.82) is 0 Å². The minimum absolute atomic E-state index is 1.06. The standard InChI is InChI=1S/C11H11N/c1-3-5-10-7-8-12-9-11(10)6-4-2/h3-9H,1-2H2/b10-5-,11-6-. The molecule has 0 amide bonds. The summed E-state index contributed by atoms with van der Waals surface area (Å²) in [4.78, 5) is 4.01. The van der Waals surface area contributed by atoms with Gasteiger partial charge in [0.25, 0.3) is 0 Å². The summed E-state index contributed by atoms with van der Waals surface area (Å²) in [5, 5.41) is 2.17. The van der Waals surface area contributed by atoms with Crippen LogP contribution in [0.1, 0.15) is 0 Å². The molecule has 0 bridgehead atoms. The van der Waals surface area contributed by atoms with Crippen LogP contribution in [0.3, 0.4) is 0 Å². The Balaban J connectivity index is 3.47.